The number of nitrogens with zero attached hydrogens (tertiary/aromatic N) is 1. The Morgan fingerprint density at radius 2 is 2.13 bits per heavy atom. The highest BCUT2D eigenvalue weighted by atomic mass is 35.5. The van der Waals surface area contributed by atoms with Crippen molar-refractivity contribution in [2.45, 2.75) is 0 Å². The number of para-hydroxylation sites is 1. The second kappa shape index (κ2) is 4.43. The van der Waals surface area contributed by atoms with Crippen LogP contribution in [0.3, 0.4) is 0 Å². The molecule has 0 spiro atoms. The van der Waals surface area contributed by atoms with E-state index >= 15 is 0 Å². The van der Waals surface area contributed by atoms with Crippen LogP contribution in [-0.2, 0) is 0 Å². The summed E-state index contributed by atoms with van der Waals surface area (Å²) in [7, 11) is 0. The highest BCUT2D eigenvalue weighted by molar-refractivity contribution is 6.31. The third-order valence-electron chi connectivity index (χ3n) is 2.11. The Bertz CT molecular complexity index is 508. The second-order valence-electron chi connectivity index (χ2n) is 3.15. The summed E-state index contributed by atoms with van der Waals surface area (Å²) in [6.07, 6.45) is 3.40. The minimum absolute atomic E-state index is 0.00313. The van der Waals surface area contributed by atoms with Gasteiger partial charge in [-0.05, 0) is 12.1 Å². The summed E-state index contributed by atoms with van der Waals surface area (Å²) in [4.78, 5) is 4.26. The number of benzene rings is 1. The molecule has 2 nitrogen and oxygen atoms in total. The number of halogens is 1. The van der Waals surface area contributed by atoms with Crippen molar-refractivity contribution in [1.82, 2.24) is 4.98 Å². The number of fused-ring (bicyclic) bond motifs is 1. The van der Waals surface area contributed by atoms with Crippen molar-refractivity contribution in [2.75, 3.05) is 6.61 Å². The predicted octanol–water partition coefficient (Wildman–Crippen LogP) is 2.89. The number of hydrogen-bond acceptors (Lipinski definition) is 2. The summed E-state index contributed by atoms with van der Waals surface area (Å²) in [5, 5.41) is 10.2. The van der Waals surface area contributed by atoms with Gasteiger partial charge in [-0.1, -0.05) is 42.0 Å². The lowest BCUT2D eigenvalue weighted by atomic mass is 10.1. The fourth-order valence-corrected chi connectivity index (χ4v) is 1.61. The van der Waals surface area contributed by atoms with E-state index in [4.69, 9.17) is 16.7 Å². The van der Waals surface area contributed by atoms with Gasteiger partial charge in [0, 0.05) is 10.9 Å². The molecule has 0 unspecified atom stereocenters. The Kier molecular flexibility index (Phi) is 2.99. The van der Waals surface area contributed by atoms with Gasteiger partial charge in [0.15, 0.2) is 0 Å². The molecule has 1 aromatic carbocycles. The van der Waals surface area contributed by atoms with Crippen LogP contribution in [0.25, 0.3) is 17.0 Å². The molecule has 0 saturated carbocycles. The molecular weight excluding hydrogens is 210 g/mol. The fraction of sp³-hybridized carbons (Fsp3) is 0.0833. The molecule has 0 radical (unpaired) electrons. The highest BCUT2D eigenvalue weighted by Gasteiger charge is 2.00. The first-order chi connectivity index (χ1) is 7.31. The van der Waals surface area contributed by atoms with Crippen molar-refractivity contribution >= 4 is 28.6 Å². The molecule has 0 aliphatic heterocycles. The van der Waals surface area contributed by atoms with Crippen LogP contribution in [-0.4, -0.2) is 16.7 Å². The van der Waals surface area contributed by atoms with Crippen molar-refractivity contribution in [3.8, 4) is 0 Å². The van der Waals surface area contributed by atoms with E-state index in [-0.39, 0.29) is 6.61 Å². The van der Waals surface area contributed by atoms with Crippen molar-refractivity contribution in [3.63, 3.8) is 0 Å². The standard InChI is InChI=1S/C12H10ClNO/c13-12-10(5-3-7-15)8-9-4-1-2-6-11(9)14-12/h1-6,8,15H,7H2/b5-3+. The molecule has 2 aromatic rings. The molecule has 2 rings (SSSR count). The van der Waals surface area contributed by atoms with Crippen LogP contribution < -0.4 is 0 Å². The fourth-order valence-electron chi connectivity index (χ4n) is 1.41. The summed E-state index contributed by atoms with van der Waals surface area (Å²) in [6, 6.07) is 9.73. The van der Waals surface area contributed by atoms with E-state index in [1.54, 1.807) is 12.2 Å². The van der Waals surface area contributed by atoms with Gasteiger partial charge in [-0.3, -0.25) is 0 Å². The van der Waals surface area contributed by atoms with Gasteiger partial charge in [-0.2, -0.15) is 0 Å². The molecule has 76 valence electrons. The summed E-state index contributed by atoms with van der Waals surface area (Å²) in [5.41, 5.74) is 1.70. The molecule has 1 aromatic heterocycles. The van der Waals surface area contributed by atoms with Gasteiger partial charge >= 0.3 is 0 Å². The van der Waals surface area contributed by atoms with Crippen LogP contribution in [0.1, 0.15) is 5.56 Å². The van der Waals surface area contributed by atoms with E-state index in [1.807, 2.05) is 30.3 Å². The number of aromatic nitrogens is 1. The molecule has 0 bridgehead atoms. The summed E-state index contributed by atoms with van der Waals surface area (Å²) in [5.74, 6) is 0. The minimum Gasteiger partial charge on any atom is -0.392 e. The van der Waals surface area contributed by atoms with Gasteiger partial charge < -0.3 is 5.11 Å². The van der Waals surface area contributed by atoms with Crippen molar-refractivity contribution in [2.24, 2.45) is 0 Å². The average Bonchev–Trinajstić information content (AvgIpc) is 2.26. The molecular formula is C12H10ClNO. The van der Waals surface area contributed by atoms with Crippen LogP contribution >= 0.6 is 11.6 Å². The van der Waals surface area contributed by atoms with Crippen LogP contribution in [0.15, 0.2) is 36.4 Å². The summed E-state index contributed by atoms with van der Waals surface area (Å²) < 4.78 is 0. The van der Waals surface area contributed by atoms with Gasteiger partial charge in [-0.15, -0.1) is 0 Å². The lowest BCUT2D eigenvalue weighted by molar-refractivity contribution is 0.343. The van der Waals surface area contributed by atoms with Crippen molar-refractivity contribution < 1.29 is 5.11 Å². The zero-order chi connectivity index (χ0) is 10.7. The molecule has 1 N–H and O–H groups in total. The molecule has 0 aliphatic rings. The van der Waals surface area contributed by atoms with Crippen LogP contribution in [0.2, 0.25) is 5.15 Å². The summed E-state index contributed by atoms with van der Waals surface area (Å²) in [6.45, 7) is 0.00313. The minimum atomic E-state index is 0.00313. The van der Waals surface area contributed by atoms with Crippen molar-refractivity contribution in [3.05, 3.63) is 47.1 Å². The summed E-state index contributed by atoms with van der Waals surface area (Å²) >= 11 is 5.99. The quantitative estimate of drug-likeness (QED) is 0.788. The number of hydrogen-bond donors (Lipinski definition) is 1. The Morgan fingerprint density at radius 3 is 2.93 bits per heavy atom. The molecule has 0 aliphatic carbocycles. The first-order valence-electron chi connectivity index (χ1n) is 4.64. The first kappa shape index (κ1) is 10.1. The molecule has 0 fully saturated rings. The topological polar surface area (TPSA) is 33.1 Å². The predicted molar refractivity (Wildman–Crippen MR) is 62.9 cm³/mol. The SMILES string of the molecule is OC/C=C/c1cc2ccccc2nc1Cl. The van der Waals surface area contributed by atoms with E-state index in [1.165, 1.54) is 0 Å². The van der Waals surface area contributed by atoms with Crippen LogP contribution in [0.4, 0.5) is 0 Å². The van der Waals surface area contributed by atoms with Gasteiger partial charge in [0.1, 0.15) is 5.15 Å². The Morgan fingerprint density at radius 1 is 1.33 bits per heavy atom. The molecule has 1 heterocycles. The zero-order valence-corrected chi connectivity index (χ0v) is 8.78. The van der Waals surface area contributed by atoms with Crippen LogP contribution in [0, 0.1) is 0 Å². The molecule has 3 heteroatoms. The van der Waals surface area contributed by atoms with E-state index in [9.17, 15) is 0 Å². The number of aliphatic hydroxyl groups excluding tert-OH is 1. The number of rotatable bonds is 2. The van der Waals surface area contributed by atoms with E-state index < -0.39 is 0 Å². The molecule has 0 saturated heterocycles. The highest BCUT2D eigenvalue weighted by Crippen LogP contribution is 2.21. The maximum atomic E-state index is 8.68. The smallest absolute Gasteiger partial charge is 0.136 e. The van der Waals surface area contributed by atoms with E-state index in [0.29, 0.717) is 5.15 Å². The van der Waals surface area contributed by atoms with E-state index in [0.717, 1.165) is 16.5 Å². The maximum absolute atomic E-state index is 8.68. The normalized spacial score (nSPS) is 11.3. The van der Waals surface area contributed by atoms with Gasteiger partial charge in [0.2, 0.25) is 0 Å². The van der Waals surface area contributed by atoms with Gasteiger partial charge in [-0.25, -0.2) is 4.98 Å². The average molecular weight is 220 g/mol. The lowest BCUT2D eigenvalue weighted by Crippen LogP contribution is -1.84. The first-order valence-corrected chi connectivity index (χ1v) is 5.02. The third kappa shape index (κ3) is 2.17. The monoisotopic (exact) mass is 219 g/mol. The van der Waals surface area contributed by atoms with Crippen molar-refractivity contribution in [1.29, 1.82) is 0 Å². The maximum Gasteiger partial charge on any atom is 0.136 e. The molecule has 0 atom stereocenters. The second-order valence-corrected chi connectivity index (χ2v) is 3.50. The van der Waals surface area contributed by atoms with Gasteiger partial charge in [0.25, 0.3) is 0 Å². The Balaban J connectivity index is 2.57. The third-order valence-corrected chi connectivity index (χ3v) is 2.41. The number of aliphatic hydroxyl groups is 1. The zero-order valence-electron chi connectivity index (χ0n) is 8.02. The van der Waals surface area contributed by atoms with Crippen LogP contribution in [0.5, 0.6) is 0 Å². The number of pyridine rings is 1. The van der Waals surface area contributed by atoms with E-state index in [2.05, 4.69) is 4.98 Å². The lowest BCUT2D eigenvalue weighted by Gasteiger charge is -2.01. The van der Waals surface area contributed by atoms with Gasteiger partial charge in [0.05, 0.1) is 12.1 Å². The largest absolute Gasteiger partial charge is 0.392 e. The molecule has 0 amide bonds. The molecule has 15 heavy (non-hydrogen) atoms. The Hall–Kier alpha value is -1.38. The Labute approximate surface area is 92.8 Å².